The molecule has 5 heteroatoms. The number of hydrogen-bond acceptors (Lipinski definition) is 2. The molecule has 1 aromatic carbocycles. The maximum absolute atomic E-state index is 13.6. The largest absolute Gasteiger partial charge is 0.393 e. The van der Waals surface area contributed by atoms with Crippen molar-refractivity contribution in [2.75, 3.05) is 6.54 Å². The zero-order valence-electron chi connectivity index (χ0n) is 10.5. The van der Waals surface area contributed by atoms with Crippen LogP contribution in [0.5, 0.6) is 0 Å². The summed E-state index contributed by atoms with van der Waals surface area (Å²) in [5.41, 5.74) is 0.0356. The predicted octanol–water partition coefficient (Wildman–Crippen LogP) is 2.87. The van der Waals surface area contributed by atoms with E-state index in [1.54, 1.807) is 6.07 Å². The molecule has 104 valence electrons. The first kappa shape index (κ1) is 14.5. The van der Waals surface area contributed by atoms with E-state index < -0.39 is 11.7 Å². The molecule has 1 amide bonds. The van der Waals surface area contributed by atoms with Crippen molar-refractivity contribution < 1.29 is 14.3 Å². The van der Waals surface area contributed by atoms with Gasteiger partial charge in [0, 0.05) is 16.9 Å². The zero-order chi connectivity index (χ0) is 13.8. The summed E-state index contributed by atoms with van der Waals surface area (Å²) in [6.45, 7) is 0.398. The minimum absolute atomic E-state index is 0.0356. The third-order valence-corrected chi connectivity index (χ3v) is 4.06. The van der Waals surface area contributed by atoms with Crippen LogP contribution in [0, 0.1) is 11.7 Å². The molecule has 2 atom stereocenters. The van der Waals surface area contributed by atoms with Gasteiger partial charge in [-0.25, -0.2) is 4.39 Å². The van der Waals surface area contributed by atoms with Crippen molar-refractivity contribution in [2.45, 2.75) is 31.8 Å². The molecular weight excluding hydrogens is 313 g/mol. The maximum atomic E-state index is 13.6. The molecule has 1 aliphatic carbocycles. The Morgan fingerprint density at radius 1 is 1.42 bits per heavy atom. The van der Waals surface area contributed by atoms with Crippen LogP contribution in [-0.4, -0.2) is 23.7 Å². The molecule has 1 saturated carbocycles. The van der Waals surface area contributed by atoms with Crippen molar-refractivity contribution in [3.8, 4) is 0 Å². The van der Waals surface area contributed by atoms with Crippen LogP contribution in [0.1, 0.15) is 36.0 Å². The highest BCUT2D eigenvalue weighted by Gasteiger charge is 2.23. The molecule has 1 aliphatic rings. The lowest BCUT2D eigenvalue weighted by Gasteiger charge is -2.27. The van der Waals surface area contributed by atoms with Crippen molar-refractivity contribution in [1.29, 1.82) is 0 Å². The Hall–Kier alpha value is -0.940. The number of carbonyl (C=O) groups excluding carboxylic acids is 1. The number of halogens is 2. The quantitative estimate of drug-likeness (QED) is 0.895. The van der Waals surface area contributed by atoms with Gasteiger partial charge in [0.15, 0.2) is 0 Å². The second kappa shape index (κ2) is 6.48. The molecule has 1 fully saturated rings. The van der Waals surface area contributed by atoms with Crippen LogP contribution in [0.15, 0.2) is 22.7 Å². The summed E-state index contributed by atoms with van der Waals surface area (Å²) in [6.07, 6.45) is 3.44. The number of aliphatic hydroxyl groups excluding tert-OH is 1. The molecule has 2 rings (SSSR count). The maximum Gasteiger partial charge on any atom is 0.254 e. The van der Waals surface area contributed by atoms with Gasteiger partial charge in [-0.1, -0.05) is 28.8 Å². The van der Waals surface area contributed by atoms with E-state index in [0.29, 0.717) is 11.0 Å². The van der Waals surface area contributed by atoms with Gasteiger partial charge in [0.2, 0.25) is 0 Å². The molecule has 3 nitrogen and oxygen atoms in total. The third kappa shape index (κ3) is 3.76. The molecule has 2 unspecified atom stereocenters. The van der Waals surface area contributed by atoms with E-state index in [2.05, 4.69) is 21.2 Å². The first-order valence-electron chi connectivity index (χ1n) is 6.49. The van der Waals surface area contributed by atoms with E-state index in [-0.39, 0.29) is 17.6 Å². The minimum Gasteiger partial charge on any atom is -0.393 e. The summed E-state index contributed by atoms with van der Waals surface area (Å²) in [5.74, 6) is -0.893. The predicted molar refractivity (Wildman–Crippen MR) is 74.4 cm³/mol. The summed E-state index contributed by atoms with van der Waals surface area (Å²) in [5, 5.41) is 12.5. The van der Waals surface area contributed by atoms with Gasteiger partial charge < -0.3 is 10.4 Å². The Morgan fingerprint density at radius 2 is 2.16 bits per heavy atom. The van der Waals surface area contributed by atoms with Crippen molar-refractivity contribution >= 4 is 21.8 Å². The summed E-state index contributed by atoms with van der Waals surface area (Å²) in [6, 6.07) is 4.35. The smallest absolute Gasteiger partial charge is 0.254 e. The average molecular weight is 330 g/mol. The first-order chi connectivity index (χ1) is 9.08. The Balaban J connectivity index is 1.93. The first-order valence-corrected chi connectivity index (χ1v) is 7.28. The molecule has 0 radical (unpaired) electrons. The fourth-order valence-corrected chi connectivity index (χ4v) is 2.75. The topological polar surface area (TPSA) is 49.3 Å². The molecule has 0 aromatic heterocycles. The number of hydrogen-bond donors (Lipinski definition) is 2. The molecule has 0 bridgehead atoms. The van der Waals surface area contributed by atoms with Gasteiger partial charge in [-0.3, -0.25) is 4.79 Å². The summed E-state index contributed by atoms with van der Waals surface area (Å²) in [7, 11) is 0. The van der Waals surface area contributed by atoms with Crippen LogP contribution < -0.4 is 5.32 Å². The third-order valence-electron chi connectivity index (χ3n) is 3.57. The standard InChI is InChI=1S/C14H17BrFNO2/c15-10-5-6-11(12(16)7-10)14(19)17-8-9-3-1-2-4-13(9)18/h5-7,9,13,18H,1-4,8H2,(H,17,19). The molecule has 0 spiro atoms. The van der Waals surface area contributed by atoms with Crippen LogP contribution >= 0.6 is 15.9 Å². The Bertz CT molecular complexity index is 467. The second-order valence-electron chi connectivity index (χ2n) is 4.95. The van der Waals surface area contributed by atoms with Gasteiger partial charge in [0.25, 0.3) is 5.91 Å². The fraction of sp³-hybridized carbons (Fsp3) is 0.500. The minimum atomic E-state index is -0.545. The molecule has 2 N–H and O–H groups in total. The molecule has 0 heterocycles. The van der Waals surface area contributed by atoms with E-state index in [9.17, 15) is 14.3 Å². The van der Waals surface area contributed by atoms with Gasteiger partial charge in [-0.15, -0.1) is 0 Å². The molecular formula is C14H17BrFNO2. The highest BCUT2D eigenvalue weighted by molar-refractivity contribution is 9.10. The summed E-state index contributed by atoms with van der Waals surface area (Å²) >= 11 is 3.15. The lowest BCUT2D eigenvalue weighted by Crippen LogP contribution is -2.36. The molecule has 0 aliphatic heterocycles. The van der Waals surface area contributed by atoms with Gasteiger partial charge in [-0.2, -0.15) is 0 Å². The molecule has 1 aromatic rings. The van der Waals surface area contributed by atoms with E-state index in [1.165, 1.54) is 12.1 Å². The van der Waals surface area contributed by atoms with Crippen LogP contribution in [0.25, 0.3) is 0 Å². The fourth-order valence-electron chi connectivity index (χ4n) is 2.42. The number of nitrogens with one attached hydrogen (secondary N) is 1. The van der Waals surface area contributed by atoms with E-state index in [1.807, 2.05) is 0 Å². The second-order valence-corrected chi connectivity index (χ2v) is 5.86. The van der Waals surface area contributed by atoms with E-state index in [0.717, 1.165) is 25.7 Å². The normalized spacial score (nSPS) is 23.1. The number of amides is 1. The van der Waals surface area contributed by atoms with E-state index >= 15 is 0 Å². The number of aliphatic hydroxyl groups is 1. The number of carbonyl (C=O) groups is 1. The van der Waals surface area contributed by atoms with Gasteiger partial charge in [-0.05, 0) is 31.0 Å². The van der Waals surface area contributed by atoms with Crippen molar-refractivity contribution in [2.24, 2.45) is 5.92 Å². The summed E-state index contributed by atoms with van der Waals surface area (Å²) < 4.78 is 14.2. The highest BCUT2D eigenvalue weighted by Crippen LogP contribution is 2.23. The lowest BCUT2D eigenvalue weighted by atomic mass is 9.86. The highest BCUT2D eigenvalue weighted by atomic mass is 79.9. The Kier molecular flexibility index (Phi) is 4.93. The molecule has 19 heavy (non-hydrogen) atoms. The van der Waals surface area contributed by atoms with Crippen LogP contribution in [0.2, 0.25) is 0 Å². The Labute approximate surface area is 120 Å². The van der Waals surface area contributed by atoms with E-state index in [4.69, 9.17) is 0 Å². The van der Waals surface area contributed by atoms with Gasteiger partial charge >= 0.3 is 0 Å². The lowest BCUT2D eigenvalue weighted by molar-refractivity contribution is 0.0662. The SMILES string of the molecule is O=C(NCC1CCCCC1O)c1ccc(Br)cc1F. The monoisotopic (exact) mass is 329 g/mol. The zero-order valence-corrected chi connectivity index (χ0v) is 12.1. The molecule has 0 saturated heterocycles. The van der Waals surface area contributed by atoms with Crippen LogP contribution in [-0.2, 0) is 0 Å². The van der Waals surface area contributed by atoms with Crippen LogP contribution in [0.4, 0.5) is 4.39 Å². The van der Waals surface area contributed by atoms with Gasteiger partial charge in [0.05, 0.1) is 11.7 Å². The van der Waals surface area contributed by atoms with Crippen molar-refractivity contribution in [1.82, 2.24) is 5.32 Å². The number of rotatable bonds is 3. The summed E-state index contributed by atoms with van der Waals surface area (Å²) in [4.78, 5) is 11.9. The average Bonchev–Trinajstić information content (AvgIpc) is 2.37. The Morgan fingerprint density at radius 3 is 2.84 bits per heavy atom. The van der Waals surface area contributed by atoms with Crippen LogP contribution in [0.3, 0.4) is 0 Å². The van der Waals surface area contributed by atoms with Crippen molar-refractivity contribution in [3.63, 3.8) is 0 Å². The number of benzene rings is 1. The van der Waals surface area contributed by atoms with Crippen molar-refractivity contribution in [3.05, 3.63) is 34.1 Å². The van der Waals surface area contributed by atoms with Gasteiger partial charge in [0.1, 0.15) is 5.82 Å².